The van der Waals surface area contributed by atoms with Gasteiger partial charge >= 0.3 is 0 Å². The first-order chi connectivity index (χ1) is 13.2. The predicted molar refractivity (Wildman–Crippen MR) is 112 cm³/mol. The van der Waals surface area contributed by atoms with Crippen molar-refractivity contribution in [2.24, 2.45) is 0 Å². The van der Waals surface area contributed by atoms with E-state index in [-0.39, 0.29) is 12.5 Å². The van der Waals surface area contributed by atoms with E-state index in [2.05, 4.69) is 16.1 Å². The SMILES string of the molecule is Cc1ccc(C)c(OCCCCC(=O)NCc2ccccc2NS(C)(=O)=O)c1. The van der Waals surface area contributed by atoms with Gasteiger partial charge in [-0.3, -0.25) is 9.52 Å². The summed E-state index contributed by atoms with van der Waals surface area (Å²) in [6, 6.07) is 13.1. The first-order valence-electron chi connectivity index (χ1n) is 9.27. The molecule has 28 heavy (non-hydrogen) atoms. The van der Waals surface area contributed by atoms with E-state index in [9.17, 15) is 13.2 Å². The molecule has 2 rings (SSSR count). The molecule has 0 aliphatic rings. The van der Waals surface area contributed by atoms with Crippen LogP contribution < -0.4 is 14.8 Å². The molecule has 0 radical (unpaired) electrons. The number of amides is 1. The van der Waals surface area contributed by atoms with Gasteiger partial charge in [0, 0.05) is 13.0 Å². The van der Waals surface area contributed by atoms with Gasteiger partial charge in [0.15, 0.2) is 0 Å². The second-order valence-electron chi connectivity index (χ2n) is 6.88. The Morgan fingerprint density at radius 2 is 1.82 bits per heavy atom. The molecule has 2 aromatic rings. The molecule has 0 aliphatic carbocycles. The summed E-state index contributed by atoms with van der Waals surface area (Å²) >= 11 is 0. The average molecular weight is 405 g/mol. The van der Waals surface area contributed by atoms with Gasteiger partial charge in [0.1, 0.15) is 5.75 Å². The molecular weight excluding hydrogens is 376 g/mol. The minimum Gasteiger partial charge on any atom is -0.493 e. The minimum atomic E-state index is -3.36. The Balaban J connectivity index is 1.71. The molecule has 2 aromatic carbocycles. The highest BCUT2D eigenvalue weighted by Crippen LogP contribution is 2.19. The van der Waals surface area contributed by atoms with Gasteiger partial charge in [0.2, 0.25) is 15.9 Å². The van der Waals surface area contributed by atoms with Crippen LogP contribution in [0, 0.1) is 13.8 Å². The topological polar surface area (TPSA) is 84.5 Å². The maximum atomic E-state index is 12.1. The molecule has 0 fully saturated rings. The number of hydrogen-bond donors (Lipinski definition) is 2. The van der Waals surface area contributed by atoms with Crippen LogP contribution in [0.5, 0.6) is 5.75 Å². The highest BCUT2D eigenvalue weighted by molar-refractivity contribution is 7.92. The van der Waals surface area contributed by atoms with E-state index >= 15 is 0 Å². The van der Waals surface area contributed by atoms with Gasteiger partial charge in [-0.2, -0.15) is 0 Å². The summed E-state index contributed by atoms with van der Waals surface area (Å²) in [4.78, 5) is 12.1. The monoisotopic (exact) mass is 404 g/mol. The number of aryl methyl sites for hydroxylation is 2. The van der Waals surface area contributed by atoms with Crippen molar-refractivity contribution in [3.8, 4) is 5.75 Å². The third-order valence-corrected chi connectivity index (χ3v) is 4.78. The second kappa shape index (κ2) is 10.1. The largest absolute Gasteiger partial charge is 0.493 e. The fraction of sp³-hybridized carbons (Fsp3) is 0.381. The van der Waals surface area contributed by atoms with Crippen molar-refractivity contribution in [3.05, 3.63) is 59.2 Å². The molecule has 1 amide bonds. The van der Waals surface area contributed by atoms with Crippen LogP contribution in [0.4, 0.5) is 5.69 Å². The summed E-state index contributed by atoms with van der Waals surface area (Å²) in [5.74, 6) is 0.820. The van der Waals surface area contributed by atoms with Gasteiger partial charge in [-0.15, -0.1) is 0 Å². The minimum absolute atomic E-state index is 0.0686. The van der Waals surface area contributed by atoms with Crippen molar-refractivity contribution < 1.29 is 17.9 Å². The lowest BCUT2D eigenvalue weighted by Gasteiger charge is -2.12. The number of nitrogens with one attached hydrogen (secondary N) is 2. The molecule has 152 valence electrons. The number of ether oxygens (including phenoxy) is 1. The zero-order valence-electron chi connectivity index (χ0n) is 16.6. The molecule has 0 aromatic heterocycles. The quantitative estimate of drug-likeness (QED) is 0.593. The number of unbranched alkanes of at least 4 members (excludes halogenated alkanes) is 1. The Morgan fingerprint density at radius 3 is 2.57 bits per heavy atom. The first kappa shape index (κ1) is 21.8. The highest BCUT2D eigenvalue weighted by atomic mass is 32.2. The summed E-state index contributed by atoms with van der Waals surface area (Å²) in [6.07, 6.45) is 3.01. The summed E-state index contributed by atoms with van der Waals surface area (Å²) in [6.45, 7) is 4.88. The van der Waals surface area contributed by atoms with Crippen LogP contribution >= 0.6 is 0 Å². The molecule has 0 spiro atoms. The number of benzene rings is 2. The molecule has 0 atom stereocenters. The van der Waals surface area contributed by atoms with E-state index in [0.29, 0.717) is 18.7 Å². The third kappa shape index (κ3) is 7.60. The van der Waals surface area contributed by atoms with Crippen LogP contribution in [-0.4, -0.2) is 27.2 Å². The molecule has 0 unspecified atom stereocenters. The molecule has 0 heterocycles. The van der Waals surface area contributed by atoms with E-state index in [1.807, 2.05) is 26.0 Å². The maximum absolute atomic E-state index is 12.1. The second-order valence-corrected chi connectivity index (χ2v) is 8.63. The molecule has 6 nitrogen and oxygen atoms in total. The van der Waals surface area contributed by atoms with E-state index in [1.165, 1.54) is 0 Å². The normalized spacial score (nSPS) is 11.1. The van der Waals surface area contributed by atoms with Gasteiger partial charge in [-0.1, -0.05) is 30.3 Å². The predicted octanol–water partition coefficient (Wildman–Crippen LogP) is 3.54. The molecule has 7 heteroatoms. The van der Waals surface area contributed by atoms with Crippen molar-refractivity contribution in [1.29, 1.82) is 0 Å². The van der Waals surface area contributed by atoms with Crippen LogP contribution in [0.1, 0.15) is 36.0 Å². The molecular formula is C21H28N2O4S. The lowest BCUT2D eigenvalue weighted by Crippen LogP contribution is -2.23. The van der Waals surface area contributed by atoms with Crippen LogP contribution in [0.3, 0.4) is 0 Å². The highest BCUT2D eigenvalue weighted by Gasteiger charge is 2.08. The Bertz CT molecular complexity index is 910. The van der Waals surface area contributed by atoms with Gasteiger partial charge in [0.05, 0.1) is 18.6 Å². The Hall–Kier alpha value is -2.54. The number of carbonyl (C=O) groups is 1. The number of rotatable bonds is 10. The summed E-state index contributed by atoms with van der Waals surface area (Å²) < 4.78 is 31.1. The fourth-order valence-corrected chi connectivity index (χ4v) is 3.29. The van der Waals surface area contributed by atoms with Crippen molar-refractivity contribution in [2.45, 2.75) is 39.7 Å². The number of sulfonamides is 1. The summed E-state index contributed by atoms with van der Waals surface area (Å²) in [5, 5.41) is 2.84. The standard InChI is InChI=1S/C21H28N2O4S/c1-16-11-12-17(2)20(14-16)27-13-7-6-10-21(24)22-15-18-8-4-5-9-19(18)23-28(3,25)26/h4-5,8-9,11-12,14,23H,6-7,10,13,15H2,1-3H3,(H,22,24). The number of anilines is 1. The number of para-hydroxylation sites is 1. The zero-order chi connectivity index (χ0) is 20.6. The molecule has 0 aliphatic heterocycles. The number of hydrogen-bond acceptors (Lipinski definition) is 4. The van der Waals surface area contributed by atoms with E-state index in [4.69, 9.17) is 4.74 Å². The van der Waals surface area contributed by atoms with E-state index in [1.54, 1.807) is 24.3 Å². The van der Waals surface area contributed by atoms with Crippen molar-refractivity contribution >= 4 is 21.6 Å². The fourth-order valence-electron chi connectivity index (χ4n) is 2.69. The first-order valence-corrected chi connectivity index (χ1v) is 11.2. The molecule has 0 saturated heterocycles. The van der Waals surface area contributed by atoms with Crippen molar-refractivity contribution in [2.75, 3.05) is 17.6 Å². The maximum Gasteiger partial charge on any atom is 0.229 e. The molecule has 0 bridgehead atoms. The Labute approximate surface area is 167 Å². The van der Waals surface area contributed by atoms with Crippen LogP contribution in [0.15, 0.2) is 42.5 Å². The average Bonchev–Trinajstić information content (AvgIpc) is 2.62. The van der Waals surface area contributed by atoms with E-state index < -0.39 is 10.0 Å². The lowest BCUT2D eigenvalue weighted by atomic mass is 10.1. The molecule has 0 saturated carbocycles. The Kier molecular flexibility index (Phi) is 7.87. The van der Waals surface area contributed by atoms with E-state index in [0.717, 1.165) is 41.5 Å². The van der Waals surface area contributed by atoms with Gasteiger partial charge in [-0.05, 0) is 55.5 Å². The van der Waals surface area contributed by atoms with Gasteiger partial charge in [-0.25, -0.2) is 8.42 Å². The third-order valence-electron chi connectivity index (χ3n) is 4.19. The Morgan fingerprint density at radius 1 is 1.07 bits per heavy atom. The lowest BCUT2D eigenvalue weighted by molar-refractivity contribution is -0.121. The molecule has 2 N–H and O–H groups in total. The van der Waals surface area contributed by atoms with Gasteiger partial charge < -0.3 is 10.1 Å². The van der Waals surface area contributed by atoms with Gasteiger partial charge in [0.25, 0.3) is 0 Å². The number of carbonyl (C=O) groups excluding carboxylic acids is 1. The van der Waals surface area contributed by atoms with Crippen LogP contribution in [-0.2, 0) is 21.4 Å². The van der Waals surface area contributed by atoms with Crippen LogP contribution in [0.2, 0.25) is 0 Å². The summed E-state index contributed by atoms with van der Waals surface area (Å²) in [7, 11) is -3.36. The van der Waals surface area contributed by atoms with Crippen molar-refractivity contribution in [1.82, 2.24) is 5.32 Å². The smallest absolute Gasteiger partial charge is 0.229 e. The van der Waals surface area contributed by atoms with Crippen molar-refractivity contribution in [3.63, 3.8) is 0 Å². The van der Waals surface area contributed by atoms with Crippen LogP contribution in [0.25, 0.3) is 0 Å². The zero-order valence-corrected chi connectivity index (χ0v) is 17.4. The summed E-state index contributed by atoms with van der Waals surface area (Å²) in [5.41, 5.74) is 3.46.